The Kier molecular flexibility index (Phi) is 7.24. The van der Waals surface area contributed by atoms with Crippen molar-refractivity contribution in [3.63, 3.8) is 0 Å². The first kappa shape index (κ1) is 21.7. The Hall–Kier alpha value is -1.99. The molecule has 0 bridgehead atoms. The first-order valence-corrected chi connectivity index (χ1v) is 11.0. The Bertz CT molecular complexity index is 793. The second kappa shape index (κ2) is 9.67. The number of phenols is 1. The number of amides is 1. The molecule has 0 spiro atoms. The van der Waals surface area contributed by atoms with Crippen LogP contribution in [0.5, 0.6) is 5.75 Å². The number of thioether (sulfide) groups is 1. The zero-order valence-electron chi connectivity index (χ0n) is 17.0. The van der Waals surface area contributed by atoms with Crippen LogP contribution in [0.15, 0.2) is 35.4 Å². The van der Waals surface area contributed by atoms with Crippen molar-refractivity contribution in [1.29, 1.82) is 0 Å². The van der Waals surface area contributed by atoms with Crippen molar-refractivity contribution in [3.8, 4) is 5.75 Å². The van der Waals surface area contributed by atoms with Crippen LogP contribution in [0.2, 0.25) is 0 Å². The highest BCUT2D eigenvalue weighted by Gasteiger charge is 2.30. The van der Waals surface area contributed by atoms with E-state index in [0.29, 0.717) is 34.6 Å². The lowest BCUT2D eigenvalue weighted by Gasteiger charge is -2.40. The molecule has 29 heavy (non-hydrogen) atoms. The minimum Gasteiger partial charge on any atom is -0.507 e. The number of aromatic hydroxyl groups is 1. The standard InChI is InChI=1S/C22H30FN3O2S/c1-15(24)21(29-16(2)19-14-17(23)6-7-20(19)27)22(28)26-12-8-18(9-13-26)25-10-4-3-5-11-25/h6-7,14,18,27H,2-5,8-13,24H2,1H3/b21-15-. The van der Waals surface area contributed by atoms with Crippen molar-refractivity contribution in [3.05, 3.63) is 46.8 Å². The molecule has 3 rings (SSSR count). The van der Waals surface area contributed by atoms with Crippen LogP contribution in [0.3, 0.4) is 0 Å². The number of carbonyl (C=O) groups is 1. The highest BCUT2D eigenvalue weighted by atomic mass is 32.2. The number of nitrogens with zero attached hydrogens (tertiary/aromatic N) is 2. The third kappa shape index (κ3) is 5.34. The fourth-order valence-electron chi connectivity index (χ4n) is 4.06. The summed E-state index contributed by atoms with van der Waals surface area (Å²) in [6.07, 6.45) is 5.80. The maximum Gasteiger partial charge on any atom is 0.262 e. The number of piperidine rings is 2. The van der Waals surface area contributed by atoms with Gasteiger partial charge >= 0.3 is 0 Å². The minimum atomic E-state index is -0.472. The monoisotopic (exact) mass is 419 g/mol. The largest absolute Gasteiger partial charge is 0.507 e. The predicted octanol–water partition coefficient (Wildman–Crippen LogP) is 3.90. The van der Waals surface area contributed by atoms with Crippen molar-refractivity contribution in [1.82, 2.24) is 9.80 Å². The van der Waals surface area contributed by atoms with Gasteiger partial charge in [0, 0.05) is 35.3 Å². The summed E-state index contributed by atoms with van der Waals surface area (Å²) in [6.45, 7) is 9.34. The van der Waals surface area contributed by atoms with Crippen LogP contribution in [0.1, 0.15) is 44.6 Å². The van der Waals surface area contributed by atoms with Crippen molar-refractivity contribution in [2.24, 2.45) is 5.73 Å². The maximum atomic E-state index is 13.6. The molecule has 2 saturated heterocycles. The van der Waals surface area contributed by atoms with Gasteiger partial charge in [0.1, 0.15) is 11.6 Å². The second-order valence-corrected chi connectivity index (χ2v) is 8.92. The Balaban J connectivity index is 1.64. The lowest BCUT2D eigenvalue weighted by molar-refractivity contribution is -0.128. The van der Waals surface area contributed by atoms with Gasteiger partial charge < -0.3 is 20.6 Å². The van der Waals surface area contributed by atoms with E-state index >= 15 is 0 Å². The number of likely N-dealkylation sites (tertiary alicyclic amines) is 2. The van der Waals surface area contributed by atoms with E-state index in [1.165, 1.54) is 50.6 Å². The van der Waals surface area contributed by atoms with Gasteiger partial charge in [-0.2, -0.15) is 0 Å². The molecule has 2 aliphatic heterocycles. The van der Waals surface area contributed by atoms with Crippen LogP contribution >= 0.6 is 11.8 Å². The molecular formula is C22H30FN3O2S. The number of hydrogen-bond acceptors (Lipinski definition) is 5. The predicted molar refractivity (Wildman–Crippen MR) is 117 cm³/mol. The fraction of sp³-hybridized carbons (Fsp3) is 0.500. The average molecular weight is 420 g/mol. The molecule has 2 fully saturated rings. The van der Waals surface area contributed by atoms with E-state index < -0.39 is 5.82 Å². The molecule has 5 nitrogen and oxygen atoms in total. The van der Waals surface area contributed by atoms with Gasteiger partial charge in [-0.15, -0.1) is 0 Å². The molecule has 158 valence electrons. The van der Waals surface area contributed by atoms with Crippen LogP contribution in [0.4, 0.5) is 4.39 Å². The molecule has 2 heterocycles. The summed E-state index contributed by atoms with van der Waals surface area (Å²) in [4.78, 5) is 18.3. The summed E-state index contributed by atoms with van der Waals surface area (Å²) < 4.78 is 13.6. The molecule has 0 aliphatic carbocycles. The Morgan fingerprint density at radius 1 is 1.21 bits per heavy atom. The van der Waals surface area contributed by atoms with Gasteiger partial charge in [0.15, 0.2) is 0 Å². The van der Waals surface area contributed by atoms with Gasteiger partial charge in [0.25, 0.3) is 5.91 Å². The first-order chi connectivity index (χ1) is 13.9. The van der Waals surface area contributed by atoms with E-state index in [9.17, 15) is 14.3 Å². The van der Waals surface area contributed by atoms with Gasteiger partial charge in [-0.1, -0.05) is 24.8 Å². The quantitative estimate of drug-likeness (QED) is 0.709. The molecule has 3 N–H and O–H groups in total. The molecule has 0 radical (unpaired) electrons. The molecule has 0 aromatic heterocycles. The molecule has 1 amide bonds. The summed E-state index contributed by atoms with van der Waals surface area (Å²) in [5.41, 5.74) is 6.68. The molecule has 0 saturated carbocycles. The average Bonchev–Trinajstić information content (AvgIpc) is 2.73. The number of hydrogen-bond donors (Lipinski definition) is 2. The number of allylic oxidation sites excluding steroid dienone is 1. The second-order valence-electron chi connectivity index (χ2n) is 7.82. The van der Waals surface area contributed by atoms with E-state index in [0.717, 1.165) is 24.6 Å². The Morgan fingerprint density at radius 2 is 1.86 bits per heavy atom. The van der Waals surface area contributed by atoms with Crippen molar-refractivity contribution >= 4 is 22.6 Å². The third-order valence-electron chi connectivity index (χ3n) is 5.70. The van der Waals surface area contributed by atoms with Crippen LogP contribution < -0.4 is 5.73 Å². The van der Waals surface area contributed by atoms with E-state index in [1.54, 1.807) is 6.92 Å². The minimum absolute atomic E-state index is 0.0762. The smallest absolute Gasteiger partial charge is 0.262 e. The Labute approximate surface area is 176 Å². The van der Waals surface area contributed by atoms with Crippen LogP contribution in [-0.2, 0) is 4.79 Å². The number of rotatable bonds is 5. The summed E-state index contributed by atoms with van der Waals surface area (Å²) in [7, 11) is 0. The highest BCUT2D eigenvalue weighted by Crippen LogP contribution is 2.38. The van der Waals surface area contributed by atoms with E-state index in [1.807, 2.05) is 4.90 Å². The van der Waals surface area contributed by atoms with E-state index in [4.69, 9.17) is 5.73 Å². The van der Waals surface area contributed by atoms with Crippen LogP contribution in [0, 0.1) is 5.82 Å². The van der Waals surface area contributed by atoms with Crippen molar-refractivity contribution in [2.45, 2.75) is 45.1 Å². The third-order valence-corrected chi connectivity index (χ3v) is 6.86. The highest BCUT2D eigenvalue weighted by molar-refractivity contribution is 8.12. The van der Waals surface area contributed by atoms with Crippen molar-refractivity contribution < 1.29 is 14.3 Å². The lowest BCUT2D eigenvalue weighted by Crippen LogP contribution is -2.48. The maximum absolute atomic E-state index is 13.6. The molecule has 0 unspecified atom stereocenters. The summed E-state index contributed by atoms with van der Waals surface area (Å²) in [6, 6.07) is 4.22. The summed E-state index contributed by atoms with van der Waals surface area (Å²) in [5, 5.41) is 10.0. The van der Waals surface area contributed by atoms with E-state index in [-0.39, 0.29) is 17.2 Å². The molecular weight excluding hydrogens is 389 g/mol. The van der Waals surface area contributed by atoms with Gasteiger partial charge in [-0.3, -0.25) is 4.79 Å². The SMILES string of the molecule is C=C(S/C(C(=O)N1CCC(N2CCCCC2)CC1)=C(/C)N)c1cc(F)ccc1O. The van der Waals surface area contributed by atoms with Gasteiger partial charge in [-0.25, -0.2) is 4.39 Å². The number of halogens is 1. The zero-order valence-corrected chi connectivity index (χ0v) is 17.8. The molecule has 1 aromatic carbocycles. The normalized spacial score (nSPS) is 19.7. The number of benzene rings is 1. The van der Waals surface area contributed by atoms with Gasteiger partial charge in [0.05, 0.1) is 4.91 Å². The number of carbonyl (C=O) groups excluding carboxylic acids is 1. The van der Waals surface area contributed by atoms with Gasteiger partial charge in [0.2, 0.25) is 0 Å². The molecule has 2 aliphatic rings. The van der Waals surface area contributed by atoms with Gasteiger partial charge in [-0.05, 0) is 63.9 Å². The Morgan fingerprint density at radius 3 is 2.48 bits per heavy atom. The fourth-order valence-corrected chi connectivity index (χ4v) is 4.96. The van der Waals surface area contributed by atoms with Crippen LogP contribution in [-0.4, -0.2) is 53.0 Å². The van der Waals surface area contributed by atoms with E-state index in [2.05, 4.69) is 11.5 Å². The summed E-state index contributed by atoms with van der Waals surface area (Å²) >= 11 is 1.09. The molecule has 0 atom stereocenters. The number of phenolic OH excluding ortho intramolecular Hbond substituents is 1. The van der Waals surface area contributed by atoms with Crippen LogP contribution in [0.25, 0.3) is 4.91 Å². The topological polar surface area (TPSA) is 69.8 Å². The number of nitrogens with two attached hydrogens (primary N) is 1. The summed E-state index contributed by atoms with van der Waals surface area (Å²) in [5.74, 6) is -0.669. The molecule has 7 heteroatoms. The first-order valence-electron chi connectivity index (χ1n) is 10.2. The zero-order chi connectivity index (χ0) is 21.0. The van der Waals surface area contributed by atoms with Crippen molar-refractivity contribution in [2.75, 3.05) is 26.2 Å². The lowest BCUT2D eigenvalue weighted by atomic mass is 10.00. The molecule has 1 aromatic rings.